The number of nitrogens with zero attached hydrogens (tertiary/aromatic N) is 2. The van der Waals surface area contributed by atoms with Gasteiger partial charge in [-0.3, -0.25) is 9.69 Å². The summed E-state index contributed by atoms with van der Waals surface area (Å²) in [5, 5.41) is 5.08. The predicted octanol–water partition coefficient (Wildman–Crippen LogP) is 1.15. The number of carbonyl (C=O) groups excluding carboxylic acids is 1. The van der Waals surface area contributed by atoms with Crippen LogP contribution < -0.4 is 15.6 Å². The minimum absolute atomic E-state index is 0.0113. The lowest BCUT2D eigenvalue weighted by atomic mass is 9.82. The third-order valence-electron chi connectivity index (χ3n) is 4.76. The summed E-state index contributed by atoms with van der Waals surface area (Å²) in [6.45, 7) is -2.98. The molecule has 0 saturated carbocycles. The van der Waals surface area contributed by atoms with Crippen LogP contribution in [0.5, 0.6) is 5.75 Å². The fraction of sp³-hybridized carbons (Fsp3) is 0.263. The van der Waals surface area contributed by atoms with Crippen LogP contribution in [0.1, 0.15) is 16.7 Å². The molecule has 0 aliphatic carbocycles. The molecule has 0 radical (unpaired) electrons. The largest absolute Gasteiger partial charge is 0.435 e. The van der Waals surface area contributed by atoms with E-state index in [2.05, 4.69) is 9.73 Å². The molecule has 1 aliphatic rings. The van der Waals surface area contributed by atoms with Crippen LogP contribution in [0, 0.1) is 0 Å². The summed E-state index contributed by atoms with van der Waals surface area (Å²) in [6, 6.07) is 12.2. The van der Waals surface area contributed by atoms with Gasteiger partial charge in [-0.15, -0.1) is 0 Å². The molecule has 0 fully saturated rings. The van der Waals surface area contributed by atoms with Gasteiger partial charge in [-0.25, -0.2) is 18.5 Å². The molecule has 2 aromatic rings. The highest BCUT2D eigenvalue weighted by atomic mass is 32.2. The van der Waals surface area contributed by atoms with Gasteiger partial charge >= 0.3 is 6.61 Å². The van der Waals surface area contributed by atoms with E-state index in [9.17, 15) is 22.0 Å². The van der Waals surface area contributed by atoms with Gasteiger partial charge in [0.25, 0.3) is 5.91 Å². The van der Waals surface area contributed by atoms with Crippen LogP contribution in [-0.2, 0) is 26.8 Å². The van der Waals surface area contributed by atoms with Crippen LogP contribution in [0.3, 0.4) is 0 Å². The van der Waals surface area contributed by atoms with Gasteiger partial charge in [0.2, 0.25) is 10.0 Å². The number of benzene rings is 2. The van der Waals surface area contributed by atoms with Crippen molar-refractivity contribution in [2.24, 2.45) is 15.9 Å². The van der Waals surface area contributed by atoms with Gasteiger partial charge in [0, 0.05) is 7.05 Å². The first kappa shape index (κ1) is 21.7. The Kier molecular flexibility index (Phi) is 5.77. The third-order valence-corrected chi connectivity index (χ3v) is 5.53. The molecule has 2 aromatic carbocycles. The number of guanidine groups is 1. The fourth-order valence-electron chi connectivity index (χ4n) is 3.27. The van der Waals surface area contributed by atoms with Gasteiger partial charge in [-0.1, -0.05) is 36.4 Å². The molecule has 160 valence electrons. The van der Waals surface area contributed by atoms with Crippen molar-refractivity contribution in [1.29, 1.82) is 0 Å². The van der Waals surface area contributed by atoms with E-state index in [1.165, 1.54) is 36.2 Å². The summed E-state index contributed by atoms with van der Waals surface area (Å²) in [5.41, 5.74) is 5.84. The monoisotopic (exact) mass is 438 g/mol. The summed E-state index contributed by atoms with van der Waals surface area (Å²) >= 11 is 0. The Balaban J connectivity index is 2.08. The van der Waals surface area contributed by atoms with Crippen molar-refractivity contribution in [3.63, 3.8) is 0 Å². The maximum atomic E-state index is 13.2. The highest BCUT2D eigenvalue weighted by Gasteiger charge is 2.49. The Morgan fingerprint density at radius 2 is 1.83 bits per heavy atom. The van der Waals surface area contributed by atoms with Gasteiger partial charge < -0.3 is 10.5 Å². The minimum atomic E-state index is -3.66. The maximum Gasteiger partial charge on any atom is 0.387 e. The predicted molar refractivity (Wildman–Crippen MR) is 106 cm³/mol. The van der Waals surface area contributed by atoms with Crippen LogP contribution in [0.2, 0.25) is 0 Å². The highest BCUT2D eigenvalue weighted by Crippen LogP contribution is 2.40. The molecule has 0 aromatic heterocycles. The molecule has 1 amide bonds. The maximum absolute atomic E-state index is 13.2. The molecule has 0 saturated heterocycles. The molecular formula is C19H20F2N4O4S. The minimum Gasteiger partial charge on any atom is -0.435 e. The number of amides is 1. The summed E-state index contributed by atoms with van der Waals surface area (Å²) in [6.07, 6.45) is 0.146. The number of ether oxygens (including phenoxy) is 1. The average Bonchev–Trinajstić information content (AvgIpc) is 2.91. The van der Waals surface area contributed by atoms with Crippen molar-refractivity contribution in [2.45, 2.75) is 18.6 Å². The Bertz CT molecular complexity index is 1090. The molecule has 0 spiro atoms. The summed E-state index contributed by atoms with van der Waals surface area (Å²) in [4.78, 5) is 18.8. The highest BCUT2D eigenvalue weighted by molar-refractivity contribution is 7.89. The van der Waals surface area contributed by atoms with Crippen LogP contribution >= 0.6 is 0 Å². The number of likely N-dealkylation sites (N-methyl/N-ethyl adjacent to an activating group) is 1. The molecule has 1 atom stereocenters. The zero-order valence-corrected chi connectivity index (χ0v) is 16.8. The third kappa shape index (κ3) is 4.26. The number of hydrogen-bond donors (Lipinski definition) is 2. The second kappa shape index (κ2) is 8.00. The van der Waals surface area contributed by atoms with Crippen LogP contribution in [0.25, 0.3) is 0 Å². The number of hydrogen-bond acceptors (Lipinski definition) is 6. The SMILES string of the molecule is CN1C(=O)C(c2ccc(OC(F)F)cc2)(c2cccc(CCS(N)(=O)=O)c2)N=C1N. The van der Waals surface area contributed by atoms with Gasteiger partial charge in [0.05, 0.1) is 5.75 Å². The van der Waals surface area contributed by atoms with Crippen molar-refractivity contribution in [3.8, 4) is 5.75 Å². The molecule has 1 aliphatic heterocycles. The molecule has 3 rings (SSSR count). The molecule has 1 unspecified atom stereocenters. The number of primary sulfonamides is 1. The second-order valence-electron chi connectivity index (χ2n) is 6.76. The van der Waals surface area contributed by atoms with Gasteiger partial charge in [-0.05, 0) is 35.2 Å². The molecule has 11 heteroatoms. The quantitative estimate of drug-likeness (QED) is 0.670. The Labute approximate surface area is 172 Å². The smallest absolute Gasteiger partial charge is 0.387 e. The topological polar surface area (TPSA) is 128 Å². The number of alkyl halides is 2. The Hall–Kier alpha value is -3.05. The zero-order chi connectivity index (χ0) is 22.1. The normalized spacial score (nSPS) is 19.3. The Morgan fingerprint density at radius 3 is 2.37 bits per heavy atom. The van der Waals surface area contributed by atoms with Crippen molar-refractivity contribution in [2.75, 3.05) is 12.8 Å². The van der Waals surface area contributed by atoms with Crippen LogP contribution in [0.15, 0.2) is 53.5 Å². The average molecular weight is 438 g/mol. The summed E-state index contributed by atoms with van der Waals surface area (Å²) < 4.78 is 51.9. The van der Waals surface area contributed by atoms with Gasteiger partial charge in [-0.2, -0.15) is 8.78 Å². The van der Waals surface area contributed by atoms with E-state index >= 15 is 0 Å². The van der Waals surface area contributed by atoms with Crippen molar-refractivity contribution >= 4 is 21.9 Å². The number of carbonyl (C=O) groups is 1. The Morgan fingerprint density at radius 1 is 1.17 bits per heavy atom. The van der Waals surface area contributed by atoms with E-state index in [0.29, 0.717) is 16.7 Å². The molecule has 8 nitrogen and oxygen atoms in total. The van der Waals surface area contributed by atoms with Gasteiger partial charge in [0.15, 0.2) is 11.5 Å². The summed E-state index contributed by atoms with van der Waals surface area (Å²) in [7, 11) is -2.19. The molecule has 4 N–H and O–H groups in total. The van der Waals surface area contributed by atoms with Crippen molar-refractivity contribution in [3.05, 3.63) is 65.2 Å². The molecular weight excluding hydrogens is 418 g/mol. The lowest BCUT2D eigenvalue weighted by Crippen LogP contribution is -2.41. The van der Waals surface area contributed by atoms with E-state index in [0.717, 1.165) is 0 Å². The van der Waals surface area contributed by atoms with E-state index in [-0.39, 0.29) is 23.9 Å². The molecule has 1 heterocycles. The second-order valence-corrected chi connectivity index (χ2v) is 8.50. The number of halogens is 2. The first-order chi connectivity index (χ1) is 14.0. The lowest BCUT2D eigenvalue weighted by molar-refractivity contribution is -0.129. The van der Waals surface area contributed by atoms with Crippen molar-refractivity contribution < 1.29 is 26.7 Å². The fourth-order valence-corrected chi connectivity index (χ4v) is 3.79. The van der Waals surface area contributed by atoms with Crippen LogP contribution in [-0.4, -0.2) is 44.6 Å². The number of sulfonamides is 1. The number of rotatable bonds is 7. The van der Waals surface area contributed by atoms with Crippen molar-refractivity contribution in [1.82, 2.24) is 4.90 Å². The van der Waals surface area contributed by atoms with Crippen LogP contribution in [0.4, 0.5) is 8.78 Å². The first-order valence-corrected chi connectivity index (χ1v) is 10.5. The van der Waals surface area contributed by atoms with E-state index in [1.54, 1.807) is 24.3 Å². The number of nitrogens with two attached hydrogens (primary N) is 2. The molecule has 0 bridgehead atoms. The zero-order valence-electron chi connectivity index (χ0n) is 16.0. The van der Waals surface area contributed by atoms with E-state index < -0.39 is 28.1 Å². The molecule has 30 heavy (non-hydrogen) atoms. The van der Waals surface area contributed by atoms with E-state index in [4.69, 9.17) is 10.9 Å². The van der Waals surface area contributed by atoms with Gasteiger partial charge in [0.1, 0.15) is 5.75 Å². The number of aliphatic imine (C=N–C) groups is 1. The number of aryl methyl sites for hydroxylation is 1. The standard InChI is InChI=1S/C19H20F2N4O4S/c1-25-16(26)19(24-18(25)22,13-5-7-15(8-6-13)29-17(20)21)14-4-2-3-12(11-14)9-10-30(23,27)28/h2-8,11,17H,9-10H2,1H3,(H2,22,24)(H2,23,27,28). The van der Waals surface area contributed by atoms with E-state index in [1.807, 2.05) is 0 Å². The summed E-state index contributed by atoms with van der Waals surface area (Å²) in [5.74, 6) is -0.780. The first-order valence-electron chi connectivity index (χ1n) is 8.81. The lowest BCUT2D eigenvalue weighted by Gasteiger charge is -2.26.